The van der Waals surface area contributed by atoms with Gasteiger partial charge in [0.05, 0.1) is 19.3 Å². The number of anilines is 2. The number of aromatic nitrogens is 2. The summed E-state index contributed by atoms with van der Waals surface area (Å²) in [6.45, 7) is 2.26. The molecule has 3 aromatic rings. The summed E-state index contributed by atoms with van der Waals surface area (Å²) in [6, 6.07) is 13.4. The van der Waals surface area contributed by atoms with Crippen LogP contribution < -0.4 is 10.6 Å². The quantitative estimate of drug-likeness (QED) is 0.569. The van der Waals surface area contributed by atoms with E-state index in [-0.39, 0.29) is 12.5 Å². The molecule has 0 atom stereocenters. The van der Waals surface area contributed by atoms with Crippen LogP contribution in [0.15, 0.2) is 54.7 Å². The van der Waals surface area contributed by atoms with Crippen molar-refractivity contribution in [3.05, 3.63) is 75.9 Å². The number of nitrogens with one attached hydrogen (secondary N) is 2. The second-order valence-electron chi connectivity index (χ2n) is 5.95. The maximum absolute atomic E-state index is 12.7. The van der Waals surface area contributed by atoms with E-state index < -0.39 is 6.09 Å². The Labute approximate surface area is 177 Å². The van der Waals surface area contributed by atoms with Gasteiger partial charge in [0.2, 0.25) is 0 Å². The molecule has 150 valence electrons. The Hall–Kier alpha value is -3.03. The highest BCUT2D eigenvalue weighted by Gasteiger charge is 2.13. The number of carbonyl (C=O) groups excluding carboxylic acids is 2. The molecule has 3 rings (SSSR count). The van der Waals surface area contributed by atoms with Gasteiger partial charge in [-0.15, -0.1) is 0 Å². The molecule has 0 bridgehead atoms. The van der Waals surface area contributed by atoms with Gasteiger partial charge in [0.1, 0.15) is 5.82 Å². The summed E-state index contributed by atoms with van der Waals surface area (Å²) in [5.74, 6) is 0.124. The molecule has 0 aliphatic carbocycles. The van der Waals surface area contributed by atoms with Crippen molar-refractivity contribution in [2.45, 2.75) is 13.5 Å². The smallest absolute Gasteiger partial charge is 0.411 e. The average Bonchev–Trinajstić information content (AvgIpc) is 3.12. The lowest BCUT2D eigenvalue weighted by atomic mass is 10.2. The van der Waals surface area contributed by atoms with Gasteiger partial charge >= 0.3 is 6.09 Å². The third-order valence-electron chi connectivity index (χ3n) is 3.97. The Balaban J connectivity index is 1.74. The third-order valence-corrected chi connectivity index (χ3v) is 4.68. The molecule has 0 saturated carbocycles. The molecule has 0 spiro atoms. The number of carbonyl (C=O) groups is 2. The molecule has 0 radical (unpaired) electrons. The second-order valence-corrected chi connectivity index (χ2v) is 6.77. The minimum Gasteiger partial charge on any atom is -0.450 e. The fourth-order valence-corrected chi connectivity index (χ4v) is 3.13. The van der Waals surface area contributed by atoms with Gasteiger partial charge in [0, 0.05) is 32.9 Å². The first-order valence-corrected chi connectivity index (χ1v) is 9.53. The van der Waals surface area contributed by atoms with E-state index in [1.165, 1.54) is 0 Å². The summed E-state index contributed by atoms with van der Waals surface area (Å²) in [4.78, 5) is 24.2. The molecule has 0 fully saturated rings. The highest BCUT2D eigenvalue weighted by molar-refractivity contribution is 6.36. The maximum Gasteiger partial charge on any atom is 0.411 e. The van der Waals surface area contributed by atoms with Crippen LogP contribution in [0.1, 0.15) is 22.8 Å². The molecule has 0 aliphatic rings. The van der Waals surface area contributed by atoms with Gasteiger partial charge in [-0.05, 0) is 37.3 Å². The minimum atomic E-state index is -0.584. The molecule has 0 aliphatic heterocycles. The molecule has 29 heavy (non-hydrogen) atoms. The first-order valence-electron chi connectivity index (χ1n) is 8.78. The standard InChI is InChI=1S/C20H18Cl2N4O3/c1-2-29-20(28)24-14-6-3-5-13(11-14)19(27)25-18-9-10-23-26(18)12-15-16(21)7-4-8-17(15)22/h3-11H,2,12H2,1H3,(H,24,28)(H,25,27). The molecular formula is C20H18Cl2N4O3. The molecule has 2 aromatic carbocycles. The zero-order valence-corrected chi connectivity index (χ0v) is 17.0. The van der Waals surface area contributed by atoms with Crippen LogP contribution >= 0.6 is 23.2 Å². The number of hydrogen-bond donors (Lipinski definition) is 2. The zero-order valence-electron chi connectivity index (χ0n) is 15.5. The Morgan fingerprint density at radius 1 is 1.07 bits per heavy atom. The number of nitrogens with zero attached hydrogens (tertiary/aromatic N) is 2. The van der Waals surface area contributed by atoms with Gasteiger partial charge in [0.15, 0.2) is 0 Å². The van der Waals surface area contributed by atoms with Gasteiger partial charge in [-0.25, -0.2) is 9.48 Å². The van der Waals surface area contributed by atoms with E-state index in [0.717, 1.165) is 0 Å². The van der Waals surface area contributed by atoms with Crippen molar-refractivity contribution >= 4 is 46.7 Å². The van der Waals surface area contributed by atoms with Crippen molar-refractivity contribution in [3.63, 3.8) is 0 Å². The largest absolute Gasteiger partial charge is 0.450 e. The average molecular weight is 433 g/mol. The van der Waals surface area contributed by atoms with Crippen molar-refractivity contribution in [3.8, 4) is 0 Å². The number of amides is 2. The van der Waals surface area contributed by atoms with Gasteiger partial charge in [0.25, 0.3) is 5.91 Å². The minimum absolute atomic E-state index is 0.255. The van der Waals surface area contributed by atoms with Crippen LogP contribution in [0.3, 0.4) is 0 Å². The SMILES string of the molecule is CCOC(=O)Nc1cccc(C(=O)Nc2ccnn2Cc2c(Cl)cccc2Cl)c1. The fraction of sp³-hybridized carbons (Fsp3) is 0.150. The summed E-state index contributed by atoms with van der Waals surface area (Å²) in [5.41, 5.74) is 1.52. The lowest BCUT2D eigenvalue weighted by molar-refractivity contribution is 0.102. The number of hydrogen-bond acceptors (Lipinski definition) is 4. The van der Waals surface area contributed by atoms with Gasteiger partial charge in [-0.1, -0.05) is 35.3 Å². The fourth-order valence-electron chi connectivity index (χ4n) is 2.61. The number of rotatable bonds is 6. The van der Waals surface area contributed by atoms with Crippen LogP contribution in [0.2, 0.25) is 10.0 Å². The van der Waals surface area contributed by atoms with Crippen molar-refractivity contribution < 1.29 is 14.3 Å². The van der Waals surface area contributed by atoms with E-state index in [2.05, 4.69) is 15.7 Å². The van der Waals surface area contributed by atoms with Crippen molar-refractivity contribution in [1.29, 1.82) is 0 Å². The lowest BCUT2D eigenvalue weighted by Gasteiger charge is -2.12. The van der Waals surface area contributed by atoms with Crippen molar-refractivity contribution in [2.24, 2.45) is 0 Å². The summed E-state index contributed by atoms with van der Waals surface area (Å²) >= 11 is 12.4. The van der Waals surface area contributed by atoms with E-state index in [4.69, 9.17) is 27.9 Å². The molecule has 1 heterocycles. The number of ether oxygens (including phenoxy) is 1. The van der Waals surface area contributed by atoms with Crippen molar-refractivity contribution in [1.82, 2.24) is 9.78 Å². The Morgan fingerprint density at radius 3 is 2.52 bits per heavy atom. The molecule has 0 saturated heterocycles. The first-order chi connectivity index (χ1) is 14.0. The van der Waals surface area contributed by atoms with Crippen LogP contribution in [-0.4, -0.2) is 28.4 Å². The zero-order chi connectivity index (χ0) is 20.8. The molecule has 2 amide bonds. The van der Waals surface area contributed by atoms with E-state index >= 15 is 0 Å². The highest BCUT2D eigenvalue weighted by Crippen LogP contribution is 2.26. The van der Waals surface area contributed by atoms with E-state index in [9.17, 15) is 9.59 Å². The summed E-state index contributed by atoms with van der Waals surface area (Å²) in [6.07, 6.45) is 0.985. The Bertz CT molecular complexity index is 1020. The van der Waals surface area contributed by atoms with Crippen molar-refractivity contribution in [2.75, 3.05) is 17.2 Å². The monoisotopic (exact) mass is 432 g/mol. The first kappa shape index (κ1) is 20.7. The van der Waals surface area contributed by atoms with Crippen LogP contribution in [0.25, 0.3) is 0 Å². The topological polar surface area (TPSA) is 85.2 Å². The van der Waals surface area contributed by atoms with Crippen LogP contribution in [0.4, 0.5) is 16.3 Å². The Kier molecular flexibility index (Phi) is 6.74. The predicted octanol–water partition coefficient (Wildman–Crippen LogP) is 5.06. The molecule has 1 aromatic heterocycles. The van der Waals surface area contributed by atoms with Crippen LogP contribution in [0, 0.1) is 0 Å². The van der Waals surface area contributed by atoms with E-state index in [0.29, 0.717) is 39.2 Å². The number of halogens is 2. The molecule has 9 heteroatoms. The van der Waals surface area contributed by atoms with Gasteiger partial charge < -0.3 is 10.1 Å². The normalized spacial score (nSPS) is 10.4. The van der Waals surface area contributed by atoms with Crippen LogP contribution in [0.5, 0.6) is 0 Å². The maximum atomic E-state index is 12.7. The van der Waals surface area contributed by atoms with E-state index in [1.54, 1.807) is 66.3 Å². The van der Waals surface area contributed by atoms with Gasteiger partial charge in [-0.3, -0.25) is 10.1 Å². The predicted molar refractivity (Wildman–Crippen MR) is 113 cm³/mol. The van der Waals surface area contributed by atoms with Gasteiger partial charge in [-0.2, -0.15) is 5.10 Å². The van der Waals surface area contributed by atoms with Crippen LogP contribution in [-0.2, 0) is 11.3 Å². The van der Waals surface area contributed by atoms with E-state index in [1.807, 2.05) is 0 Å². The molecule has 7 nitrogen and oxygen atoms in total. The summed E-state index contributed by atoms with van der Waals surface area (Å²) in [5, 5.41) is 10.6. The Morgan fingerprint density at radius 2 is 1.79 bits per heavy atom. The summed E-state index contributed by atoms with van der Waals surface area (Å²) in [7, 11) is 0. The molecular weight excluding hydrogens is 415 g/mol. The summed E-state index contributed by atoms with van der Waals surface area (Å²) < 4.78 is 6.43. The highest BCUT2D eigenvalue weighted by atomic mass is 35.5. The lowest BCUT2D eigenvalue weighted by Crippen LogP contribution is -2.17. The third kappa shape index (κ3) is 5.28. The second kappa shape index (κ2) is 9.45. The molecule has 0 unspecified atom stereocenters. The molecule has 2 N–H and O–H groups in total. The number of benzene rings is 2.